The molecule has 0 aromatic heterocycles. The topological polar surface area (TPSA) is 86.8 Å². The van der Waals surface area contributed by atoms with Gasteiger partial charge in [-0.3, -0.25) is 0 Å². The molecule has 15 heteroatoms. The summed E-state index contributed by atoms with van der Waals surface area (Å²) in [4.78, 5) is 4.41. The molecule has 1 aliphatic heterocycles. The fraction of sp³-hybridized carbons (Fsp3) is 0.750. The maximum absolute atomic E-state index is 11.5. The Morgan fingerprint density at radius 2 is 1.35 bits per heavy atom. The number of nitrogens with one attached hydrogen (secondary N) is 1. The van der Waals surface area contributed by atoms with Crippen LogP contribution >= 0.6 is 0 Å². The molecule has 0 radical (unpaired) electrons. The summed E-state index contributed by atoms with van der Waals surface area (Å²) < 4.78 is 108. The van der Waals surface area contributed by atoms with Gasteiger partial charge in [0.2, 0.25) is 0 Å². The van der Waals surface area contributed by atoms with Crippen molar-refractivity contribution in [1.29, 1.82) is 0 Å². The van der Waals surface area contributed by atoms with Crippen molar-refractivity contribution >= 4 is 20.0 Å². The van der Waals surface area contributed by atoms with E-state index in [-0.39, 0.29) is 0 Å². The second kappa shape index (κ2) is 7.12. The van der Waals surface area contributed by atoms with Gasteiger partial charge in [0, 0.05) is 26.0 Å². The minimum absolute atomic E-state index is 0.493. The molecule has 0 bridgehead atoms. The molecule has 1 N–H and O–H groups in total. The fourth-order valence-corrected chi connectivity index (χ4v) is 2.94. The first-order valence-corrected chi connectivity index (χ1v) is 8.54. The molecule has 1 aliphatic rings. The molecule has 1 heterocycles. The van der Waals surface area contributed by atoms with E-state index in [1.54, 1.807) is 0 Å². The van der Waals surface area contributed by atoms with Crippen LogP contribution < -0.4 is 4.13 Å². The van der Waals surface area contributed by atoms with E-state index in [4.69, 9.17) is 0 Å². The highest BCUT2D eigenvalue weighted by Gasteiger charge is 2.55. The summed E-state index contributed by atoms with van der Waals surface area (Å²) in [5.41, 5.74) is -12.3. The molecule has 1 rings (SSSR count). The molecular formula is C8H13F6N3O4S2. The predicted molar refractivity (Wildman–Crippen MR) is 67.2 cm³/mol. The fourth-order valence-electron chi connectivity index (χ4n) is 1.03. The molecule has 0 aromatic rings. The van der Waals surface area contributed by atoms with Crippen molar-refractivity contribution in [2.24, 2.45) is 0 Å². The monoisotopic (exact) mass is 393 g/mol. The molecule has 0 atom stereocenters. The summed E-state index contributed by atoms with van der Waals surface area (Å²) in [6.45, 7) is 4.32. The van der Waals surface area contributed by atoms with E-state index in [0.29, 0.717) is 0 Å². The quantitative estimate of drug-likeness (QED) is 0.719. The summed E-state index contributed by atoms with van der Waals surface area (Å²) in [6, 6.07) is 0. The van der Waals surface area contributed by atoms with Crippen LogP contribution in [0.15, 0.2) is 12.4 Å². The van der Waals surface area contributed by atoms with Crippen LogP contribution in [-0.4, -0.2) is 57.9 Å². The molecule has 23 heavy (non-hydrogen) atoms. The van der Waals surface area contributed by atoms with Crippen molar-refractivity contribution in [1.82, 2.24) is 13.9 Å². The van der Waals surface area contributed by atoms with Gasteiger partial charge >= 0.3 is 31.1 Å². The van der Waals surface area contributed by atoms with Gasteiger partial charge in [0.1, 0.15) is 0 Å². The summed E-state index contributed by atoms with van der Waals surface area (Å²) in [5, 5.41) is 0. The van der Waals surface area contributed by atoms with Gasteiger partial charge < -0.3 is 9.80 Å². The van der Waals surface area contributed by atoms with Crippen LogP contribution in [0.25, 0.3) is 0 Å². The first-order chi connectivity index (χ1) is 10.0. The van der Waals surface area contributed by atoms with Crippen molar-refractivity contribution in [2.75, 3.05) is 20.3 Å². The van der Waals surface area contributed by atoms with Gasteiger partial charge in [0.05, 0.1) is 6.67 Å². The Kier molecular flexibility index (Phi) is 6.75. The lowest BCUT2D eigenvalue weighted by molar-refractivity contribution is -0.0476. The Hall–Kier alpha value is -1.22. The first-order valence-electron chi connectivity index (χ1n) is 5.57. The molecule has 0 saturated heterocycles. The third-order valence-corrected chi connectivity index (χ3v) is 5.15. The van der Waals surface area contributed by atoms with E-state index < -0.39 is 35.2 Å². The van der Waals surface area contributed by atoms with Crippen molar-refractivity contribution in [2.45, 2.75) is 17.9 Å². The maximum atomic E-state index is 11.5. The van der Waals surface area contributed by atoms with Crippen LogP contribution in [0.1, 0.15) is 6.92 Å². The Morgan fingerprint density at radius 1 is 0.957 bits per heavy atom. The lowest BCUT2D eigenvalue weighted by Gasteiger charge is -2.14. The van der Waals surface area contributed by atoms with E-state index in [1.165, 1.54) is 0 Å². The molecule has 0 unspecified atom stereocenters. The molecule has 0 fully saturated rings. The summed E-state index contributed by atoms with van der Waals surface area (Å²) in [7, 11) is -11.1. The molecule has 7 nitrogen and oxygen atoms in total. The Morgan fingerprint density at radius 3 is 1.52 bits per heavy atom. The second-order valence-electron chi connectivity index (χ2n) is 4.08. The zero-order valence-electron chi connectivity index (χ0n) is 11.7. The van der Waals surface area contributed by atoms with E-state index in [1.807, 2.05) is 0 Å². The van der Waals surface area contributed by atoms with Crippen molar-refractivity contribution < 1.29 is 43.2 Å². The summed E-state index contributed by atoms with van der Waals surface area (Å²) >= 11 is 0. The number of rotatable bonds is 3. The van der Waals surface area contributed by atoms with Crippen LogP contribution in [0, 0.1) is 0 Å². The number of sulfonamides is 2. The summed E-state index contributed by atoms with van der Waals surface area (Å²) in [5.74, 6) is 0. The van der Waals surface area contributed by atoms with E-state index >= 15 is 0 Å². The molecule has 0 aromatic carbocycles. The smallest absolute Gasteiger partial charge is 0.362 e. The van der Waals surface area contributed by atoms with Gasteiger partial charge in [-0.15, -0.1) is 0 Å². The molecule has 138 valence electrons. The summed E-state index contributed by atoms with van der Waals surface area (Å²) in [6.07, 6.45) is 4.20. The molecule has 0 amide bonds. The Bertz CT molecular complexity index is 583. The van der Waals surface area contributed by atoms with Gasteiger partial charge in [-0.05, 0) is 6.92 Å². The van der Waals surface area contributed by atoms with Crippen LogP contribution in [0.4, 0.5) is 26.3 Å². The number of halogens is 6. The van der Waals surface area contributed by atoms with E-state index in [0.717, 1.165) is 13.2 Å². The van der Waals surface area contributed by atoms with Gasteiger partial charge in [-0.1, -0.05) is 4.13 Å². The third-order valence-electron chi connectivity index (χ3n) is 2.17. The second-order valence-corrected chi connectivity index (χ2v) is 7.69. The van der Waals surface area contributed by atoms with Crippen molar-refractivity contribution in [3.8, 4) is 0 Å². The lowest BCUT2D eigenvalue weighted by Crippen LogP contribution is -2.45. The largest absolute Gasteiger partial charge is 0.512 e. The van der Waals surface area contributed by atoms with E-state index in [9.17, 15) is 43.2 Å². The van der Waals surface area contributed by atoms with Crippen LogP contribution in [0.3, 0.4) is 0 Å². The van der Waals surface area contributed by atoms with Gasteiger partial charge in [-0.2, -0.15) is 26.3 Å². The van der Waals surface area contributed by atoms with Crippen LogP contribution in [-0.2, 0) is 20.0 Å². The Labute approximate surface area is 128 Å². The van der Waals surface area contributed by atoms with Crippen molar-refractivity contribution in [3.05, 3.63) is 12.4 Å². The van der Waals surface area contributed by atoms with Crippen LogP contribution in [0.5, 0.6) is 0 Å². The van der Waals surface area contributed by atoms with Crippen LogP contribution in [0.2, 0.25) is 0 Å². The zero-order chi connectivity index (χ0) is 18.7. The number of nitrogens with zero attached hydrogens (tertiary/aromatic N) is 2. The molecule has 0 spiro atoms. The standard InChI is InChI=1S/C6H12N2.C2HF6NO4S2/c1-3-8-5-4-7(2)6-8;3-1(4,5)14(10,11)9-15(12,13)2(6,7)8/h4-5H,3,6H2,1-2H3;9H. The predicted octanol–water partition coefficient (Wildman–Crippen LogP) is 0.958. The maximum Gasteiger partial charge on any atom is 0.512 e. The highest BCUT2D eigenvalue weighted by Crippen LogP contribution is 2.27. The molecular weight excluding hydrogens is 380 g/mol. The first kappa shape index (κ1) is 21.8. The SMILES string of the molecule is CCN1C=CN(C)C1.O=S(=O)(NS(=O)(=O)C(F)(F)F)C(F)(F)F. The molecule has 0 aliphatic carbocycles. The Balaban J connectivity index is 0.000000502. The molecule has 0 saturated carbocycles. The van der Waals surface area contributed by atoms with Gasteiger partial charge in [0.25, 0.3) is 0 Å². The highest BCUT2D eigenvalue weighted by atomic mass is 32.3. The lowest BCUT2D eigenvalue weighted by atomic mass is 10.6. The normalized spacial score (nSPS) is 16.3. The van der Waals surface area contributed by atoms with Gasteiger partial charge in [0.15, 0.2) is 0 Å². The zero-order valence-corrected chi connectivity index (χ0v) is 13.3. The minimum atomic E-state index is -6.60. The third kappa shape index (κ3) is 6.42. The van der Waals surface area contributed by atoms with Gasteiger partial charge in [-0.25, -0.2) is 16.8 Å². The van der Waals surface area contributed by atoms with E-state index in [2.05, 4.69) is 36.2 Å². The average Bonchev–Trinajstić information content (AvgIpc) is 2.71. The van der Waals surface area contributed by atoms with Crippen molar-refractivity contribution in [3.63, 3.8) is 0 Å². The number of hydrogen-bond donors (Lipinski definition) is 1. The number of alkyl halides is 6. The minimum Gasteiger partial charge on any atom is -0.362 e. The highest BCUT2D eigenvalue weighted by molar-refractivity contribution is 8.05. The average molecular weight is 393 g/mol. The number of hydrogen-bond acceptors (Lipinski definition) is 6.